The fraction of sp³-hybridized carbons (Fsp3) is 0.400. The summed E-state index contributed by atoms with van der Waals surface area (Å²) in [4.78, 5) is 13.9. The first kappa shape index (κ1) is 13.6. The van der Waals surface area contributed by atoms with Gasteiger partial charge in [0.2, 0.25) is 0 Å². The van der Waals surface area contributed by atoms with Crippen LogP contribution in [0.2, 0.25) is 0 Å². The minimum atomic E-state index is -0.275. The Morgan fingerprint density at radius 3 is 2.74 bits per heavy atom. The number of nitrogens with zero attached hydrogens (tertiary/aromatic N) is 2. The fourth-order valence-electron chi connectivity index (χ4n) is 2.26. The molecule has 0 atom stereocenters. The lowest BCUT2D eigenvalue weighted by molar-refractivity contribution is 0.0602. The fourth-order valence-corrected chi connectivity index (χ4v) is 2.26. The van der Waals surface area contributed by atoms with E-state index in [9.17, 15) is 4.79 Å². The molecule has 1 aromatic heterocycles. The molecule has 0 aliphatic rings. The van der Waals surface area contributed by atoms with Crippen molar-refractivity contribution in [3.63, 3.8) is 0 Å². The zero-order valence-corrected chi connectivity index (χ0v) is 11.7. The molecule has 2 rings (SSSR count). The number of aryl methyl sites for hydroxylation is 1. The number of hydrogen-bond donors (Lipinski definition) is 0. The number of benzene rings is 1. The van der Waals surface area contributed by atoms with E-state index in [2.05, 4.69) is 23.6 Å². The average Bonchev–Trinajstić information content (AvgIpc) is 2.77. The maximum atomic E-state index is 11.8. The van der Waals surface area contributed by atoms with Crippen molar-refractivity contribution >= 4 is 16.9 Å². The van der Waals surface area contributed by atoms with E-state index in [-0.39, 0.29) is 5.97 Å². The van der Waals surface area contributed by atoms with Gasteiger partial charge in [-0.1, -0.05) is 18.2 Å². The molecule has 0 spiro atoms. The number of ether oxygens (including phenoxy) is 1. The van der Waals surface area contributed by atoms with E-state index in [1.165, 1.54) is 7.11 Å². The minimum Gasteiger partial charge on any atom is -0.465 e. The van der Waals surface area contributed by atoms with Gasteiger partial charge in [0.05, 0.1) is 12.7 Å². The number of aromatic nitrogens is 1. The van der Waals surface area contributed by atoms with Crippen molar-refractivity contribution in [3.8, 4) is 0 Å². The molecule has 0 bridgehead atoms. The second kappa shape index (κ2) is 5.89. The summed E-state index contributed by atoms with van der Waals surface area (Å²) in [7, 11) is 5.54. The van der Waals surface area contributed by atoms with Crippen LogP contribution in [-0.4, -0.2) is 43.2 Å². The van der Waals surface area contributed by atoms with Gasteiger partial charge in [0.15, 0.2) is 0 Å². The summed E-state index contributed by atoms with van der Waals surface area (Å²) in [5.74, 6) is -0.275. The van der Waals surface area contributed by atoms with E-state index in [0.717, 1.165) is 30.4 Å². The van der Waals surface area contributed by atoms with Crippen molar-refractivity contribution in [2.24, 2.45) is 0 Å². The Bertz CT molecular complexity index is 573. The molecule has 0 aliphatic carbocycles. The van der Waals surface area contributed by atoms with Crippen LogP contribution in [0.5, 0.6) is 0 Å². The molecule has 1 aromatic carbocycles. The Morgan fingerprint density at radius 1 is 1.32 bits per heavy atom. The van der Waals surface area contributed by atoms with Gasteiger partial charge in [0.1, 0.15) is 0 Å². The molecule has 0 fully saturated rings. The second-order valence-electron chi connectivity index (χ2n) is 4.90. The van der Waals surface area contributed by atoms with E-state index >= 15 is 0 Å². The molecule has 0 amide bonds. The largest absolute Gasteiger partial charge is 0.465 e. The van der Waals surface area contributed by atoms with Gasteiger partial charge in [-0.15, -0.1) is 0 Å². The van der Waals surface area contributed by atoms with E-state index in [0.29, 0.717) is 5.56 Å². The van der Waals surface area contributed by atoms with E-state index in [4.69, 9.17) is 4.74 Å². The number of rotatable bonds is 5. The molecule has 0 saturated heterocycles. The van der Waals surface area contributed by atoms with Crippen LogP contribution in [0.4, 0.5) is 0 Å². The van der Waals surface area contributed by atoms with Crippen LogP contribution in [0, 0.1) is 0 Å². The number of methoxy groups -OCH3 is 1. The predicted molar refractivity (Wildman–Crippen MR) is 76.4 cm³/mol. The summed E-state index contributed by atoms with van der Waals surface area (Å²) in [6.45, 7) is 1.93. The lowest BCUT2D eigenvalue weighted by Gasteiger charge is -2.10. The second-order valence-corrected chi connectivity index (χ2v) is 4.90. The highest BCUT2D eigenvalue weighted by molar-refractivity contribution is 6.04. The van der Waals surface area contributed by atoms with Gasteiger partial charge in [0.25, 0.3) is 0 Å². The van der Waals surface area contributed by atoms with Crippen molar-refractivity contribution in [3.05, 3.63) is 36.0 Å². The molecule has 0 N–H and O–H groups in total. The van der Waals surface area contributed by atoms with Gasteiger partial charge in [-0.05, 0) is 33.1 Å². The lowest BCUT2D eigenvalue weighted by Crippen LogP contribution is -2.14. The van der Waals surface area contributed by atoms with Crippen LogP contribution in [0.15, 0.2) is 30.5 Å². The predicted octanol–water partition coefficient (Wildman–Crippen LogP) is 2.38. The quantitative estimate of drug-likeness (QED) is 0.774. The van der Waals surface area contributed by atoms with Crippen LogP contribution in [-0.2, 0) is 11.3 Å². The normalized spacial score (nSPS) is 11.2. The SMILES string of the molecule is COC(=O)c1cn(CCCN(C)C)c2ccccc12. The Morgan fingerprint density at radius 2 is 2.05 bits per heavy atom. The van der Waals surface area contributed by atoms with Crippen molar-refractivity contribution in [2.75, 3.05) is 27.7 Å². The highest BCUT2D eigenvalue weighted by Gasteiger charge is 2.14. The molecule has 0 unspecified atom stereocenters. The van der Waals surface area contributed by atoms with Crippen molar-refractivity contribution < 1.29 is 9.53 Å². The van der Waals surface area contributed by atoms with Crippen LogP contribution >= 0.6 is 0 Å². The Kier molecular flexibility index (Phi) is 4.22. The zero-order chi connectivity index (χ0) is 13.8. The Balaban J connectivity index is 2.31. The first-order chi connectivity index (χ1) is 9.13. The maximum Gasteiger partial charge on any atom is 0.340 e. The first-order valence-corrected chi connectivity index (χ1v) is 6.44. The number of hydrogen-bond acceptors (Lipinski definition) is 3. The van der Waals surface area contributed by atoms with Gasteiger partial charge in [0, 0.05) is 23.6 Å². The number of esters is 1. The topological polar surface area (TPSA) is 34.5 Å². The Hall–Kier alpha value is -1.81. The first-order valence-electron chi connectivity index (χ1n) is 6.44. The molecular formula is C15H20N2O2. The highest BCUT2D eigenvalue weighted by Crippen LogP contribution is 2.22. The van der Waals surface area contributed by atoms with E-state index in [1.807, 2.05) is 30.5 Å². The summed E-state index contributed by atoms with van der Waals surface area (Å²) in [5, 5.41) is 0.958. The standard InChI is InChI=1S/C15H20N2O2/c1-16(2)9-6-10-17-11-13(15(18)19-3)12-7-4-5-8-14(12)17/h4-5,7-8,11H,6,9-10H2,1-3H3. The lowest BCUT2D eigenvalue weighted by atomic mass is 10.2. The molecule has 4 heteroatoms. The van der Waals surface area contributed by atoms with Gasteiger partial charge < -0.3 is 14.2 Å². The summed E-state index contributed by atoms with van der Waals surface area (Å²) in [6.07, 6.45) is 2.94. The molecular weight excluding hydrogens is 240 g/mol. The van der Waals surface area contributed by atoms with Crippen LogP contribution in [0.1, 0.15) is 16.8 Å². The molecule has 0 radical (unpaired) electrons. The highest BCUT2D eigenvalue weighted by atomic mass is 16.5. The van der Waals surface area contributed by atoms with Gasteiger partial charge in [-0.3, -0.25) is 0 Å². The maximum absolute atomic E-state index is 11.8. The van der Waals surface area contributed by atoms with Crippen LogP contribution in [0.25, 0.3) is 10.9 Å². The van der Waals surface area contributed by atoms with Gasteiger partial charge in [-0.2, -0.15) is 0 Å². The monoisotopic (exact) mass is 260 g/mol. The summed E-state index contributed by atoms with van der Waals surface area (Å²) in [6, 6.07) is 7.94. The molecule has 0 saturated carbocycles. The van der Waals surface area contributed by atoms with E-state index in [1.54, 1.807) is 0 Å². The number of para-hydroxylation sites is 1. The minimum absolute atomic E-state index is 0.275. The summed E-state index contributed by atoms with van der Waals surface area (Å²) < 4.78 is 6.97. The number of carbonyl (C=O) groups is 1. The van der Waals surface area contributed by atoms with Crippen LogP contribution < -0.4 is 0 Å². The molecule has 1 heterocycles. The van der Waals surface area contributed by atoms with E-state index < -0.39 is 0 Å². The third-order valence-electron chi connectivity index (χ3n) is 3.20. The molecule has 19 heavy (non-hydrogen) atoms. The third kappa shape index (κ3) is 2.96. The third-order valence-corrected chi connectivity index (χ3v) is 3.20. The van der Waals surface area contributed by atoms with Gasteiger partial charge >= 0.3 is 5.97 Å². The molecule has 102 valence electrons. The summed E-state index contributed by atoms with van der Waals surface area (Å²) >= 11 is 0. The zero-order valence-electron chi connectivity index (χ0n) is 11.7. The van der Waals surface area contributed by atoms with Crippen molar-refractivity contribution in [1.82, 2.24) is 9.47 Å². The van der Waals surface area contributed by atoms with Crippen LogP contribution in [0.3, 0.4) is 0 Å². The summed E-state index contributed by atoms with van der Waals surface area (Å²) in [5.41, 5.74) is 1.73. The van der Waals surface area contributed by atoms with Gasteiger partial charge in [-0.25, -0.2) is 4.79 Å². The molecule has 4 nitrogen and oxygen atoms in total. The number of fused-ring (bicyclic) bond motifs is 1. The van der Waals surface area contributed by atoms with Crippen molar-refractivity contribution in [2.45, 2.75) is 13.0 Å². The Labute approximate surface area is 113 Å². The molecule has 0 aliphatic heterocycles. The van der Waals surface area contributed by atoms with Crippen molar-refractivity contribution in [1.29, 1.82) is 0 Å². The average molecular weight is 260 g/mol. The molecule has 2 aromatic rings. The smallest absolute Gasteiger partial charge is 0.340 e. The number of carbonyl (C=O) groups excluding carboxylic acids is 1.